The van der Waals surface area contributed by atoms with E-state index in [1.165, 1.54) is 22.2 Å². The maximum atomic E-state index is 12.9. The highest BCUT2D eigenvalue weighted by Crippen LogP contribution is 2.27. The number of hydrogen-bond donors (Lipinski definition) is 1. The van der Waals surface area contributed by atoms with Gasteiger partial charge < -0.3 is 19.5 Å². The third-order valence-electron chi connectivity index (χ3n) is 5.49. The fraction of sp³-hybridized carbons (Fsp3) is 0.650. The number of carbonyl (C=O) groups excluding carboxylic acids is 1. The summed E-state index contributed by atoms with van der Waals surface area (Å²) in [6, 6.07) is 0.149. The monoisotopic (exact) mass is 406 g/mol. The van der Waals surface area contributed by atoms with Crippen LogP contribution >= 0.6 is 11.3 Å². The Balaban J connectivity index is 1.63. The molecule has 1 amide bonds. The van der Waals surface area contributed by atoms with Crippen molar-refractivity contribution >= 4 is 27.5 Å². The zero-order valence-corrected chi connectivity index (χ0v) is 18.0. The summed E-state index contributed by atoms with van der Waals surface area (Å²) in [5.41, 5.74) is 0.624. The van der Waals surface area contributed by atoms with E-state index in [-0.39, 0.29) is 17.5 Å². The predicted molar refractivity (Wildman–Crippen MR) is 112 cm³/mol. The molecule has 1 saturated heterocycles. The van der Waals surface area contributed by atoms with Gasteiger partial charge in [-0.05, 0) is 38.2 Å². The number of thiophene rings is 1. The normalized spacial score (nSPS) is 20.6. The van der Waals surface area contributed by atoms with Gasteiger partial charge in [0, 0.05) is 45.9 Å². The molecule has 28 heavy (non-hydrogen) atoms. The lowest BCUT2D eigenvalue weighted by Crippen LogP contribution is -2.50. The molecule has 0 bridgehead atoms. The van der Waals surface area contributed by atoms with E-state index < -0.39 is 0 Å². The first-order valence-electron chi connectivity index (χ1n) is 9.98. The number of amides is 1. The fourth-order valence-corrected chi connectivity index (χ4v) is 4.89. The van der Waals surface area contributed by atoms with E-state index in [0.717, 1.165) is 51.3 Å². The van der Waals surface area contributed by atoms with E-state index >= 15 is 0 Å². The number of aryl methyl sites for hydroxylation is 2. The van der Waals surface area contributed by atoms with Crippen molar-refractivity contribution in [2.24, 2.45) is 13.0 Å². The molecule has 2 aromatic heterocycles. The molecule has 0 radical (unpaired) electrons. The molecule has 2 unspecified atom stereocenters. The summed E-state index contributed by atoms with van der Waals surface area (Å²) in [6.07, 6.45) is 3.48. The first-order chi connectivity index (χ1) is 13.4. The van der Waals surface area contributed by atoms with Crippen LogP contribution in [0.2, 0.25) is 0 Å². The van der Waals surface area contributed by atoms with Crippen molar-refractivity contribution in [3.63, 3.8) is 0 Å². The molecule has 1 fully saturated rings. The largest absolute Gasteiger partial charge is 0.382 e. The summed E-state index contributed by atoms with van der Waals surface area (Å²) < 4.78 is 6.87. The molecule has 0 spiro atoms. The molecule has 1 aliphatic rings. The van der Waals surface area contributed by atoms with E-state index in [4.69, 9.17) is 4.74 Å². The number of aromatic nitrogens is 2. The lowest BCUT2D eigenvalue weighted by molar-refractivity contribution is 0.0846. The van der Waals surface area contributed by atoms with Crippen LogP contribution in [0.1, 0.15) is 41.9 Å². The van der Waals surface area contributed by atoms with E-state index in [9.17, 15) is 9.59 Å². The van der Waals surface area contributed by atoms with Crippen LogP contribution in [0.4, 0.5) is 0 Å². The fourth-order valence-electron chi connectivity index (χ4n) is 3.84. The second kappa shape index (κ2) is 9.15. The Labute approximate surface area is 169 Å². The minimum absolute atomic E-state index is 0.0933. The standard InChI is InChI=1S/C20H30N4O3S/c1-5-27-10-6-8-24-9-7-15(13(2)11-24)22-18(25)17-14(3)16-19(28-17)21-12-23(4)20(16)26/h12-13,15H,5-11H2,1-4H3,(H,22,25). The van der Waals surface area contributed by atoms with Gasteiger partial charge in [-0.15, -0.1) is 11.3 Å². The molecule has 0 aliphatic carbocycles. The maximum Gasteiger partial charge on any atom is 0.262 e. The van der Waals surface area contributed by atoms with Gasteiger partial charge in [0.15, 0.2) is 0 Å². The number of carbonyl (C=O) groups is 1. The number of ether oxygens (including phenoxy) is 1. The van der Waals surface area contributed by atoms with Crippen LogP contribution in [-0.2, 0) is 11.8 Å². The number of likely N-dealkylation sites (tertiary alicyclic amines) is 1. The summed E-state index contributed by atoms with van der Waals surface area (Å²) in [7, 11) is 1.68. The van der Waals surface area contributed by atoms with E-state index in [0.29, 0.717) is 21.0 Å². The highest BCUT2D eigenvalue weighted by Gasteiger charge is 2.28. The van der Waals surface area contributed by atoms with Gasteiger partial charge in [0.05, 0.1) is 16.6 Å². The van der Waals surface area contributed by atoms with E-state index in [1.54, 1.807) is 7.05 Å². The van der Waals surface area contributed by atoms with Crippen LogP contribution in [0.3, 0.4) is 0 Å². The van der Waals surface area contributed by atoms with Crippen molar-refractivity contribution in [3.05, 3.63) is 27.1 Å². The Morgan fingerprint density at radius 2 is 2.25 bits per heavy atom. The quantitative estimate of drug-likeness (QED) is 0.713. The molecule has 154 valence electrons. The zero-order valence-electron chi connectivity index (χ0n) is 17.2. The number of rotatable bonds is 7. The molecule has 3 heterocycles. The van der Waals surface area contributed by atoms with Gasteiger partial charge in [-0.1, -0.05) is 6.92 Å². The SMILES string of the molecule is CCOCCCN1CCC(NC(=O)c2sc3ncn(C)c(=O)c3c2C)C(C)C1. The number of hydrogen-bond acceptors (Lipinski definition) is 6. The highest BCUT2D eigenvalue weighted by atomic mass is 32.1. The van der Waals surface area contributed by atoms with Crippen molar-refractivity contribution in [2.45, 2.75) is 39.7 Å². The molecular formula is C20H30N4O3S. The van der Waals surface area contributed by atoms with Gasteiger partial charge in [-0.3, -0.25) is 9.59 Å². The first-order valence-corrected chi connectivity index (χ1v) is 10.8. The second-order valence-corrected chi connectivity index (χ2v) is 8.59. The van der Waals surface area contributed by atoms with Gasteiger partial charge in [-0.2, -0.15) is 0 Å². The topological polar surface area (TPSA) is 76.5 Å². The average Bonchev–Trinajstić information content (AvgIpc) is 3.01. The Kier molecular flexibility index (Phi) is 6.85. The Bertz CT molecular complexity index is 891. The molecule has 2 atom stereocenters. The lowest BCUT2D eigenvalue weighted by atomic mass is 9.93. The molecule has 1 N–H and O–H groups in total. The Morgan fingerprint density at radius 3 is 2.96 bits per heavy atom. The molecule has 3 rings (SSSR count). The molecule has 0 saturated carbocycles. The molecule has 1 aliphatic heterocycles. The summed E-state index contributed by atoms with van der Waals surface area (Å²) in [4.78, 5) is 33.3. The Hall–Kier alpha value is -1.77. The number of nitrogens with one attached hydrogen (secondary N) is 1. The Morgan fingerprint density at radius 1 is 1.46 bits per heavy atom. The highest BCUT2D eigenvalue weighted by molar-refractivity contribution is 7.20. The number of nitrogens with zero attached hydrogens (tertiary/aromatic N) is 3. The zero-order chi connectivity index (χ0) is 20.3. The summed E-state index contributed by atoms with van der Waals surface area (Å²) in [6.45, 7) is 10.6. The molecule has 7 nitrogen and oxygen atoms in total. The van der Waals surface area contributed by atoms with Crippen LogP contribution in [-0.4, -0.2) is 59.2 Å². The summed E-state index contributed by atoms with van der Waals surface area (Å²) >= 11 is 1.30. The average molecular weight is 407 g/mol. The molecule has 8 heteroatoms. The van der Waals surface area contributed by atoms with Gasteiger partial charge in [-0.25, -0.2) is 4.98 Å². The lowest BCUT2D eigenvalue weighted by Gasteiger charge is -2.37. The van der Waals surface area contributed by atoms with Crippen molar-refractivity contribution in [2.75, 3.05) is 32.8 Å². The molecule has 2 aromatic rings. The first kappa shape index (κ1) is 21.0. The third kappa shape index (κ3) is 4.45. The minimum Gasteiger partial charge on any atom is -0.382 e. The second-order valence-electron chi connectivity index (χ2n) is 7.59. The van der Waals surface area contributed by atoms with Crippen molar-refractivity contribution in [3.8, 4) is 0 Å². The van der Waals surface area contributed by atoms with E-state index in [1.807, 2.05) is 13.8 Å². The minimum atomic E-state index is -0.105. The molecule has 0 aromatic carbocycles. The predicted octanol–water partition coefficient (Wildman–Crippen LogP) is 2.17. The number of piperidine rings is 1. The van der Waals surface area contributed by atoms with Gasteiger partial charge in [0.2, 0.25) is 0 Å². The van der Waals surface area contributed by atoms with E-state index in [2.05, 4.69) is 22.1 Å². The van der Waals surface area contributed by atoms with Gasteiger partial charge in [0.25, 0.3) is 11.5 Å². The van der Waals surface area contributed by atoms with Crippen molar-refractivity contribution < 1.29 is 9.53 Å². The van der Waals surface area contributed by atoms with Crippen LogP contribution < -0.4 is 10.9 Å². The van der Waals surface area contributed by atoms with Crippen LogP contribution in [0.25, 0.3) is 10.2 Å². The van der Waals surface area contributed by atoms with Crippen molar-refractivity contribution in [1.82, 2.24) is 19.8 Å². The van der Waals surface area contributed by atoms with Gasteiger partial charge >= 0.3 is 0 Å². The van der Waals surface area contributed by atoms with Crippen molar-refractivity contribution in [1.29, 1.82) is 0 Å². The van der Waals surface area contributed by atoms with Crippen LogP contribution in [0, 0.1) is 12.8 Å². The van der Waals surface area contributed by atoms with Gasteiger partial charge in [0.1, 0.15) is 4.83 Å². The molecular weight excluding hydrogens is 376 g/mol. The smallest absolute Gasteiger partial charge is 0.262 e. The number of fused-ring (bicyclic) bond motifs is 1. The van der Waals surface area contributed by atoms with Crippen LogP contribution in [0.5, 0.6) is 0 Å². The summed E-state index contributed by atoms with van der Waals surface area (Å²) in [5.74, 6) is 0.287. The summed E-state index contributed by atoms with van der Waals surface area (Å²) in [5, 5.41) is 3.75. The maximum absolute atomic E-state index is 12.9. The van der Waals surface area contributed by atoms with Crippen LogP contribution in [0.15, 0.2) is 11.1 Å². The third-order valence-corrected chi connectivity index (χ3v) is 6.69.